The fourth-order valence-corrected chi connectivity index (χ4v) is 2.00. The van der Waals surface area contributed by atoms with Gasteiger partial charge in [0.1, 0.15) is 5.84 Å². The monoisotopic (exact) mass is 203 g/mol. The Morgan fingerprint density at radius 1 is 1.40 bits per heavy atom. The van der Waals surface area contributed by atoms with E-state index < -0.39 is 0 Å². The van der Waals surface area contributed by atoms with Crippen LogP contribution in [0.1, 0.15) is 26.2 Å². The molecule has 0 aliphatic carbocycles. The van der Waals surface area contributed by atoms with Crippen LogP contribution in [0.3, 0.4) is 0 Å². The Kier molecular flexibility index (Phi) is 2.90. The van der Waals surface area contributed by atoms with Gasteiger partial charge >= 0.3 is 0 Å². The van der Waals surface area contributed by atoms with Crippen molar-refractivity contribution in [1.29, 1.82) is 0 Å². The SMILES string of the molecule is CCCC1CC(N)=NN1c1ccccc1. The largest absolute Gasteiger partial charge is 0.386 e. The van der Waals surface area contributed by atoms with Crippen LogP contribution < -0.4 is 10.7 Å². The van der Waals surface area contributed by atoms with E-state index in [2.05, 4.69) is 29.2 Å². The van der Waals surface area contributed by atoms with Crippen molar-refractivity contribution in [1.82, 2.24) is 0 Å². The van der Waals surface area contributed by atoms with E-state index in [0.717, 1.165) is 30.8 Å². The van der Waals surface area contributed by atoms with Crippen LogP contribution in [-0.2, 0) is 0 Å². The minimum absolute atomic E-state index is 0.442. The van der Waals surface area contributed by atoms with Crippen LogP contribution in [0.5, 0.6) is 0 Å². The average Bonchev–Trinajstić information content (AvgIpc) is 2.62. The Hall–Kier alpha value is -1.51. The second-order valence-electron chi connectivity index (χ2n) is 3.92. The molecule has 2 rings (SSSR count). The maximum absolute atomic E-state index is 5.79. The number of anilines is 1. The second-order valence-corrected chi connectivity index (χ2v) is 3.92. The molecule has 1 aliphatic rings. The van der Waals surface area contributed by atoms with E-state index in [1.807, 2.05) is 18.2 Å². The van der Waals surface area contributed by atoms with Gasteiger partial charge in [0.25, 0.3) is 0 Å². The van der Waals surface area contributed by atoms with Gasteiger partial charge in [-0.1, -0.05) is 31.5 Å². The van der Waals surface area contributed by atoms with E-state index in [0.29, 0.717) is 6.04 Å². The van der Waals surface area contributed by atoms with Gasteiger partial charge in [0.05, 0.1) is 11.7 Å². The Morgan fingerprint density at radius 2 is 2.13 bits per heavy atom. The lowest BCUT2D eigenvalue weighted by Crippen LogP contribution is -2.26. The highest BCUT2D eigenvalue weighted by atomic mass is 15.5. The topological polar surface area (TPSA) is 41.6 Å². The summed E-state index contributed by atoms with van der Waals surface area (Å²) in [5, 5.41) is 6.44. The minimum atomic E-state index is 0.442. The van der Waals surface area contributed by atoms with Gasteiger partial charge in [0.15, 0.2) is 0 Å². The smallest absolute Gasteiger partial charge is 0.122 e. The molecule has 0 saturated carbocycles. The van der Waals surface area contributed by atoms with Gasteiger partial charge < -0.3 is 5.73 Å². The molecule has 15 heavy (non-hydrogen) atoms. The lowest BCUT2D eigenvalue weighted by molar-refractivity contribution is 0.597. The first-order valence-electron chi connectivity index (χ1n) is 5.48. The summed E-state index contributed by atoms with van der Waals surface area (Å²) >= 11 is 0. The molecule has 1 aromatic rings. The van der Waals surface area contributed by atoms with Crippen LogP contribution in [-0.4, -0.2) is 11.9 Å². The molecule has 0 spiro atoms. The maximum atomic E-state index is 5.79. The Labute approximate surface area is 90.6 Å². The number of hydrogen-bond donors (Lipinski definition) is 1. The summed E-state index contributed by atoms with van der Waals surface area (Å²) in [6.45, 7) is 2.19. The zero-order valence-corrected chi connectivity index (χ0v) is 9.06. The quantitative estimate of drug-likeness (QED) is 0.819. The first kappa shape index (κ1) is 10.0. The van der Waals surface area contributed by atoms with Crippen molar-refractivity contribution in [2.24, 2.45) is 10.8 Å². The molecule has 2 N–H and O–H groups in total. The third kappa shape index (κ3) is 2.12. The number of hydrogen-bond acceptors (Lipinski definition) is 3. The fraction of sp³-hybridized carbons (Fsp3) is 0.417. The van der Waals surface area contributed by atoms with E-state index >= 15 is 0 Å². The first-order chi connectivity index (χ1) is 7.31. The summed E-state index contributed by atoms with van der Waals surface area (Å²) in [5.74, 6) is 0.748. The number of para-hydroxylation sites is 1. The van der Waals surface area contributed by atoms with Gasteiger partial charge in [0, 0.05) is 6.42 Å². The van der Waals surface area contributed by atoms with Gasteiger partial charge in [-0.25, -0.2) is 0 Å². The zero-order valence-electron chi connectivity index (χ0n) is 9.06. The van der Waals surface area contributed by atoms with E-state index in [1.54, 1.807) is 0 Å². The molecular weight excluding hydrogens is 186 g/mol. The predicted molar refractivity (Wildman–Crippen MR) is 63.9 cm³/mol. The number of nitrogens with zero attached hydrogens (tertiary/aromatic N) is 2. The molecular formula is C12H17N3. The fourth-order valence-electron chi connectivity index (χ4n) is 2.00. The third-order valence-electron chi connectivity index (χ3n) is 2.67. The molecule has 3 nitrogen and oxygen atoms in total. The second kappa shape index (κ2) is 4.34. The number of amidine groups is 1. The minimum Gasteiger partial charge on any atom is -0.386 e. The summed E-state index contributed by atoms with van der Waals surface area (Å²) in [4.78, 5) is 0. The molecule has 0 radical (unpaired) electrons. The van der Waals surface area contributed by atoms with Crippen molar-refractivity contribution >= 4 is 11.5 Å². The van der Waals surface area contributed by atoms with Crippen molar-refractivity contribution in [3.05, 3.63) is 30.3 Å². The number of benzene rings is 1. The molecule has 1 unspecified atom stereocenters. The van der Waals surface area contributed by atoms with Crippen LogP contribution in [0, 0.1) is 0 Å². The van der Waals surface area contributed by atoms with E-state index in [1.165, 1.54) is 0 Å². The van der Waals surface area contributed by atoms with E-state index in [4.69, 9.17) is 5.73 Å². The van der Waals surface area contributed by atoms with Crippen LogP contribution >= 0.6 is 0 Å². The summed E-state index contributed by atoms with van der Waals surface area (Å²) in [6, 6.07) is 10.7. The normalized spacial score (nSPS) is 20.5. The van der Waals surface area contributed by atoms with Crippen molar-refractivity contribution in [2.75, 3.05) is 5.01 Å². The van der Waals surface area contributed by atoms with Gasteiger partial charge in [-0.05, 0) is 18.6 Å². The van der Waals surface area contributed by atoms with Gasteiger partial charge in [-0.2, -0.15) is 5.10 Å². The van der Waals surface area contributed by atoms with Crippen molar-refractivity contribution in [3.8, 4) is 0 Å². The predicted octanol–water partition coefficient (Wildman–Crippen LogP) is 2.34. The average molecular weight is 203 g/mol. The van der Waals surface area contributed by atoms with Crippen molar-refractivity contribution in [2.45, 2.75) is 32.2 Å². The highest BCUT2D eigenvalue weighted by molar-refractivity contribution is 5.85. The zero-order chi connectivity index (χ0) is 10.7. The molecule has 1 aliphatic heterocycles. The molecule has 0 fully saturated rings. The number of hydrazone groups is 1. The summed E-state index contributed by atoms with van der Waals surface area (Å²) < 4.78 is 0. The lowest BCUT2D eigenvalue weighted by atomic mass is 10.1. The Balaban J connectivity index is 2.19. The van der Waals surface area contributed by atoms with Gasteiger partial charge in [-0.3, -0.25) is 5.01 Å². The standard InChI is InChI=1S/C12H17N3/c1-2-6-11-9-12(13)14-15(11)10-7-4-3-5-8-10/h3-5,7-8,11H,2,6,9H2,1H3,(H2,13,14). The third-order valence-corrected chi connectivity index (χ3v) is 2.67. The molecule has 0 bridgehead atoms. The highest BCUT2D eigenvalue weighted by Gasteiger charge is 2.25. The van der Waals surface area contributed by atoms with Gasteiger partial charge in [0.2, 0.25) is 0 Å². The molecule has 1 atom stereocenters. The molecule has 1 heterocycles. The van der Waals surface area contributed by atoms with Crippen LogP contribution in [0.4, 0.5) is 5.69 Å². The summed E-state index contributed by atoms with van der Waals surface area (Å²) in [7, 11) is 0. The lowest BCUT2D eigenvalue weighted by Gasteiger charge is -2.22. The molecule has 1 aromatic carbocycles. The van der Waals surface area contributed by atoms with Gasteiger partial charge in [-0.15, -0.1) is 0 Å². The molecule has 80 valence electrons. The summed E-state index contributed by atoms with van der Waals surface area (Å²) in [6.07, 6.45) is 3.19. The van der Waals surface area contributed by atoms with E-state index in [9.17, 15) is 0 Å². The summed E-state index contributed by atoms with van der Waals surface area (Å²) in [5.41, 5.74) is 6.93. The van der Waals surface area contributed by atoms with Crippen LogP contribution in [0.2, 0.25) is 0 Å². The molecule has 3 heteroatoms. The number of rotatable bonds is 3. The van der Waals surface area contributed by atoms with Crippen molar-refractivity contribution in [3.63, 3.8) is 0 Å². The van der Waals surface area contributed by atoms with Crippen LogP contribution in [0.15, 0.2) is 35.4 Å². The Bertz CT molecular complexity index is 345. The van der Waals surface area contributed by atoms with Crippen molar-refractivity contribution < 1.29 is 0 Å². The maximum Gasteiger partial charge on any atom is 0.122 e. The Morgan fingerprint density at radius 3 is 2.80 bits per heavy atom. The molecule has 0 saturated heterocycles. The molecule has 0 aromatic heterocycles. The number of nitrogens with two attached hydrogens (primary N) is 1. The molecule has 0 amide bonds. The highest BCUT2D eigenvalue weighted by Crippen LogP contribution is 2.25. The van der Waals surface area contributed by atoms with E-state index in [-0.39, 0.29) is 0 Å². The first-order valence-corrected chi connectivity index (χ1v) is 5.48. The van der Waals surface area contributed by atoms with Crippen LogP contribution in [0.25, 0.3) is 0 Å².